The maximum absolute atomic E-state index is 5.85. The molecule has 2 rings (SSSR count). The molecule has 3 nitrogen and oxygen atoms in total. The molecule has 0 bridgehead atoms. The normalized spacial score (nSPS) is 17.5. The lowest BCUT2D eigenvalue weighted by atomic mass is 10.1. The maximum Gasteiger partial charge on any atom is 0.122 e. The molecule has 1 aromatic carbocycles. The van der Waals surface area contributed by atoms with Crippen LogP contribution in [0.3, 0.4) is 0 Å². The monoisotopic (exact) mass is 263 g/mol. The highest BCUT2D eigenvalue weighted by atomic mass is 16.5. The van der Waals surface area contributed by atoms with Gasteiger partial charge in [0.2, 0.25) is 0 Å². The van der Waals surface area contributed by atoms with Gasteiger partial charge in [-0.15, -0.1) is 0 Å². The minimum atomic E-state index is 0.505. The van der Waals surface area contributed by atoms with E-state index in [1.54, 1.807) is 0 Å². The van der Waals surface area contributed by atoms with Crippen molar-refractivity contribution in [1.82, 2.24) is 5.32 Å². The smallest absolute Gasteiger partial charge is 0.122 e. The van der Waals surface area contributed by atoms with E-state index in [1.807, 2.05) is 6.92 Å². The van der Waals surface area contributed by atoms with Crippen LogP contribution in [0.5, 0.6) is 5.75 Å². The van der Waals surface area contributed by atoms with Gasteiger partial charge in [-0.25, -0.2) is 0 Å². The number of hydrogen-bond acceptors (Lipinski definition) is 3. The molecule has 1 N–H and O–H groups in total. The summed E-state index contributed by atoms with van der Waals surface area (Å²) in [7, 11) is 0. The Labute approximate surface area is 116 Å². The van der Waals surface area contributed by atoms with Crippen LogP contribution < -0.4 is 10.1 Å². The Balaban J connectivity index is 1.97. The van der Waals surface area contributed by atoms with Gasteiger partial charge in [-0.3, -0.25) is 0 Å². The van der Waals surface area contributed by atoms with Crippen molar-refractivity contribution in [2.24, 2.45) is 0 Å². The number of fused-ring (bicyclic) bond motifs is 1. The highest BCUT2D eigenvalue weighted by Crippen LogP contribution is 2.36. The van der Waals surface area contributed by atoms with Crippen LogP contribution in [0.25, 0.3) is 0 Å². The molecule has 0 fully saturated rings. The highest BCUT2D eigenvalue weighted by molar-refractivity contribution is 5.45. The van der Waals surface area contributed by atoms with Crippen molar-refractivity contribution in [2.75, 3.05) is 26.4 Å². The molecule has 3 heteroatoms. The minimum Gasteiger partial charge on any atom is -0.491 e. The molecular formula is C16H25NO2. The van der Waals surface area contributed by atoms with Gasteiger partial charge in [-0.2, -0.15) is 0 Å². The van der Waals surface area contributed by atoms with Crippen molar-refractivity contribution in [1.29, 1.82) is 0 Å². The second-order valence-electron chi connectivity index (χ2n) is 4.91. The molecule has 106 valence electrons. The number of hydrogen-bond donors (Lipinski definition) is 1. The first-order valence-electron chi connectivity index (χ1n) is 7.42. The second-order valence-corrected chi connectivity index (χ2v) is 4.91. The van der Waals surface area contributed by atoms with Gasteiger partial charge in [0.05, 0.1) is 6.61 Å². The molecule has 0 heterocycles. The van der Waals surface area contributed by atoms with E-state index in [-0.39, 0.29) is 0 Å². The Morgan fingerprint density at radius 2 is 2.16 bits per heavy atom. The molecule has 1 unspecified atom stereocenters. The van der Waals surface area contributed by atoms with Crippen LogP contribution in [0.2, 0.25) is 0 Å². The van der Waals surface area contributed by atoms with Crippen molar-refractivity contribution < 1.29 is 9.47 Å². The van der Waals surface area contributed by atoms with Crippen molar-refractivity contribution in [3.05, 3.63) is 29.3 Å². The first-order chi connectivity index (χ1) is 9.36. The summed E-state index contributed by atoms with van der Waals surface area (Å²) in [4.78, 5) is 0. The van der Waals surface area contributed by atoms with Crippen LogP contribution in [0, 0.1) is 0 Å². The molecule has 0 amide bonds. The Morgan fingerprint density at radius 1 is 1.26 bits per heavy atom. The van der Waals surface area contributed by atoms with Crippen LogP contribution >= 0.6 is 0 Å². The molecule has 0 aliphatic heterocycles. The van der Waals surface area contributed by atoms with Crippen LogP contribution in [-0.2, 0) is 11.2 Å². The topological polar surface area (TPSA) is 30.5 Å². The van der Waals surface area contributed by atoms with Crippen LogP contribution in [-0.4, -0.2) is 26.4 Å². The molecular weight excluding hydrogens is 238 g/mol. The molecule has 0 saturated carbocycles. The number of ether oxygens (including phenoxy) is 2. The summed E-state index contributed by atoms with van der Waals surface area (Å²) in [5.74, 6) is 1.04. The van der Waals surface area contributed by atoms with E-state index in [0.29, 0.717) is 19.3 Å². The van der Waals surface area contributed by atoms with Crippen molar-refractivity contribution >= 4 is 0 Å². The van der Waals surface area contributed by atoms with Crippen molar-refractivity contribution in [2.45, 2.75) is 39.2 Å². The molecule has 0 radical (unpaired) electrons. The quantitative estimate of drug-likeness (QED) is 0.731. The van der Waals surface area contributed by atoms with Gasteiger partial charge in [0.1, 0.15) is 12.4 Å². The number of rotatable bonds is 8. The number of benzene rings is 1. The fourth-order valence-corrected chi connectivity index (χ4v) is 2.64. The highest BCUT2D eigenvalue weighted by Gasteiger charge is 2.24. The van der Waals surface area contributed by atoms with Crippen molar-refractivity contribution in [3.8, 4) is 5.75 Å². The minimum absolute atomic E-state index is 0.505. The predicted octanol–water partition coefficient (Wildman–Crippen LogP) is 3.09. The first-order valence-corrected chi connectivity index (χ1v) is 7.42. The average Bonchev–Trinajstić information content (AvgIpc) is 2.85. The molecule has 0 saturated heterocycles. The Bertz CT molecular complexity index is 392. The van der Waals surface area contributed by atoms with Gasteiger partial charge in [-0.1, -0.05) is 19.1 Å². The van der Waals surface area contributed by atoms with E-state index >= 15 is 0 Å². The van der Waals surface area contributed by atoms with Crippen molar-refractivity contribution in [3.63, 3.8) is 0 Å². The standard InChI is InChI=1S/C16H25NO2/c1-3-10-17-15-9-8-14-13(15)6-5-7-16(14)19-12-11-18-4-2/h5-7,15,17H,3-4,8-12H2,1-2H3. The Morgan fingerprint density at radius 3 is 2.95 bits per heavy atom. The second kappa shape index (κ2) is 7.51. The maximum atomic E-state index is 5.85. The third-order valence-electron chi connectivity index (χ3n) is 3.56. The van der Waals surface area contributed by atoms with Gasteiger partial charge < -0.3 is 14.8 Å². The summed E-state index contributed by atoms with van der Waals surface area (Å²) in [5.41, 5.74) is 2.80. The predicted molar refractivity (Wildman–Crippen MR) is 77.8 cm³/mol. The van der Waals surface area contributed by atoms with Gasteiger partial charge in [0.25, 0.3) is 0 Å². The van der Waals surface area contributed by atoms with E-state index in [1.165, 1.54) is 24.0 Å². The van der Waals surface area contributed by atoms with Gasteiger partial charge in [0, 0.05) is 12.6 Å². The summed E-state index contributed by atoms with van der Waals surface area (Å²) in [6.07, 6.45) is 3.47. The lowest BCUT2D eigenvalue weighted by molar-refractivity contribution is 0.110. The van der Waals surface area contributed by atoms with Gasteiger partial charge in [0.15, 0.2) is 0 Å². The Hall–Kier alpha value is -1.06. The lowest BCUT2D eigenvalue weighted by Crippen LogP contribution is -2.19. The molecule has 0 spiro atoms. The van der Waals surface area contributed by atoms with E-state index in [0.717, 1.165) is 25.3 Å². The molecule has 1 atom stereocenters. The van der Waals surface area contributed by atoms with Crippen LogP contribution in [0.4, 0.5) is 0 Å². The fourth-order valence-electron chi connectivity index (χ4n) is 2.64. The summed E-state index contributed by atoms with van der Waals surface area (Å²) in [5, 5.41) is 3.61. The van der Waals surface area contributed by atoms with E-state index < -0.39 is 0 Å². The van der Waals surface area contributed by atoms with E-state index in [2.05, 4.69) is 30.4 Å². The average molecular weight is 263 g/mol. The zero-order valence-electron chi connectivity index (χ0n) is 12.1. The summed E-state index contributed by atoms with van der Waals surface area (Å²) >= 11 is 0. The third-order valence-corrected chi connectivity index (χ3v) is 3.56. The van der Waals surface area contributed by atoms with Crippen LogP contribution in [0.15, 0.2) is 18.2 Å². The van der Waals surface area contributed by atoms with Crippen LogP contribution in [0.1, 0.15) is 43.9 Å². The largest absolute Gasteiger partial charge is 0.491 e. The molecule has 1 aliphatic carbocycles. The molecule has 19 heavy (non-hydrogen) atoms. The van der Waals surface area contributed by atoms with E-state index in [4.69, 9.17) is 9.47 Å². The fraction of sp³-hybridized carbons (Fsp3) is 0.625. The SMILES string of the molecule is CCCNC1CCc2c(OCCOCC)cccc21. The molecule has 0 aromatic heterocycles. The van der Waals surface area contributed by atoms with Gasteiger partial charge in [-0.05, 0) is 49.9 Å². The summed E-state index contributed by atoms with van der Waals surface area (Å²) in [6.45, 7) is 7.34. The zero-order valence-corrected chi connectivity index (χ0v) is 12.1. The van der Waals surface area contributed by atoms with Gasteiger partial charge >= 0.3 is 0 Å². The summed E-state index contributed by atoms with van der Waals surface area (Å²) < 4.78 is 11.2. The van der Waals surface area contributed by atoms with E-state index in [9.17, 15) is 0 Å². The first kappa shape index (κ1) is 14.4. The summed E-state index contributed by atoms with van der Waals surface area (Å²) in [6, 6.07) is 6.91. The molecule has 1 aliphatic rings. The third kappa shape index (κ3) is 3.71. The number of nitrogens with one attached hydrogen (secondary N) is 1. The molecule has 1 aromatic rings. The lowest BCUT2D eigenvalue weighted by Gasteiger charge is -2.14. The Kier molecular flexibility index (Phi) is 5.67. The zero-order chi connectivity index (χ0) is 13.5.